The van der Waals surface area contributed by atoms with Crippen LogP contribution in [0, 0.1) is 6.92 Å². The lowest BCUT2D eigenvalue weighted by Gasteiger charge is -2.08. The summed E-state index contributed by atoms with van der Waals surface area (Å²) in [7, 11) is 0. The summed E-state index contributed by atoms with van der Waals surface area (Å²) in [5, 5.41) is 9.83. The summed E-state index contributed by atoms with van der Waals surface area (Å²) in [6.45, 7) is 1.94. The molecule has 0 amide bonds. The molecule has 4 heteroatoms. The van der Waals surface area contributed by atoms with Gasteiger partial charge in [-0.15, -0.1) is 11.8 Å². The number of esters is 1. The predicted molar refractivity (Wildman–Crippen MR) is 80.2 cm³/mol. The molecule has 0 atom stereocenters. The number of phenols is 1. The number of hydrogen-bond acceptors (Lipinski definition) is 4. The fourth-order valence-electron chi connectivity index (χ4n) is 1.77. The van der Waals surface area contributed by atoms with Crippen molar-refractivity contribution in [3.63, 3.8) is 0 Å². The van der Waals surface area contributed by atoms with Crippen LogP contribution in [0.4, 0.5) is 0 Å². The molecule has 0 heterocycles. The van der Waals surface area contributed by atoms with Gasteiger partial charge in [0.15, 0.2) is 0 Å². The zero-order valence-corrected chi connectivity index (χ0v) is 12.2. The number of carbonyl (C=O) groups is 1. The molecule has 3 nitrogen and oxygen atoms in total. The van der Waals surface area contributed by atoms with Gasteiger partial charge in [0.05, 0.1) is 0 Å². The fourth-order valence-corrected chi connectivity index (χ4v) is 2.18. The summed E-state index contributed by atoms with van der Waals surface area (Å²) in [6.07, 6.45) is 2.01. The average molecular weight is 288 g/mol. The van der Waals surface area contributed by atoms with Crippen LogP contribution in [0.2, 0.25) is 0 Å². The van der Waals surface area contributed by atoms with Gasteiger partial charge >= 0.3 is 5.97 Å². The number of phenolic OH excluding ortho intramolecular Hbond substituents is 1. The highest BCUT2D eigenvalue weighted by molar-refractivity contribution is 7.98. The van der Waals surface area contributed by atoms with E-state index in [-0.39, 0.29) is 17.9 Å². The minimum absolute atomic E-state index is 0.0183. The summed E-state index contributed by atoms with van der Waals surface area (Å²) in [6, 6.07) is 12.8. The van der Waals surface area contributed by atoms with Crippen LogP contribution >= 0.6 is 11.8 Å². The molecule has 0 unspecified atom stereocenters. The summed E-state index contributed by atoms with van der Waals surface area (Å²) >= 11 is 1.66. The Balaban J connectivity index is 2.02. The molecule has 0 bridgehead atoms. The van der Waals surface area contributed by atoms with Crippen LogP contribution in [0.25, 0.3) is 0 Å². The molecule has 0 saturated carbocycles. The quantitative estimate of drug-likeness (QED) is 0.687. The summed E-state index contributed by atoms with van der Waals surface area (Å²) in [5.74, 6) is -0.532. The molecule has 2 rings (SSSR count). The zero-order valence-electron chi connectivity index (χ0n) is 11.4. The smallest absolute Gasteiger partial charge is 0.342 e. The van der Waals surface area contributed by atoms with Crippen LogP contribution in [0.15, 0.2) is 47.4 Å². The Hall–Kier alpha value is -1.94. The van der Waals surface area contributed by atoms with Crippen molar-refractivity contribution >= 4 is 17.7 Å². The van der Waals surface area contributed by atoms with Gasteiger partial charge in [-0.25, -0.2) is 4.79 Å². The molecule has 0 spiro atoms. The topological polar surface area (TPSA) is 46.5 Å². The van der Waals surface area contributed by atoms with E-state index in [1.54, 1.807) is 36.9 Å². The number of carbonyl (C=O) groups excluding carboxylic acids is 1. The molecular formula is C16H16O3S. The minimum atomic E-state index is -0.514. The van der Waals surface area contributed by atoms with E-state index in [4.69, 9.17) is 4.74 Å². The molecule has 0 aliphatic heterocycles. The lowest BCUT2D eigenvalue weighted by Crippen LogP contribution is -2.06. The second-order valence-corrected chi connectivity index (χ2v) is 5.27. The van der Waals surface area contributed by atoms with Crippen LogP contribution in [0.5, 0.6) is 5.75 Å². The molecule has 2 aromatic carbocycles. The van der Waals surface area contributed by atoms with Gasteiger partial charge in [0.2, 0.25) is 0 Å². The molecule has 104 valence electrons. The molecule has 20 heavy (non-hydrogen) atoms. The maximum absolute atomic E-state index is 11.9. The molecule has 0 aromatic heterocycles. The van der Waals surface area contributed by atoms with E-state index < -0.39 is 5.97 Å². The molecular weight excluding hydrogens is 272 g/mol. The van der Waals surface area contributed by atoms with Crippen LogP contribution in [0.1, 0.15) is 21.5 Å². The first-order valence-corrected chi connectivity index (χ1v) is 7.43. The van der Waals surface area contributed by atoms with Crippen molar-refractivity contribution in [2.24, 2.45) is 0 Å². The molecule has 1 N–H and O–H groups in total. The zero-order chi connectivity index (χ0) is 14.5. The molecule has 0 fully saturated rings. The molecule has 0 saturated heterocycles. The first-order valence-electron chi connectivity index (χ1n) is 6.20. The number of benzene rings is 2. The second-order valence-electron chi connectivity index (χ2n) is 4.40. The van der Waals surface area contributed by atoms with Gasteiger partial charge < -0.3 is 9.84 Å². The number of thioether (sulfide) groups is 1. The SMILES string of the molecule is CSc1ccc(COC(=O)c2cccc(C)c2O)cc1. The van der Waals surface area contributed by atoms with Crippen molar-refractivity contribution in [3.8, 4) is 5.75 Å². The van der Waals surface area contributed by atoms with Gasteiger partial charge in [-0.2, -0.15) is 0 Å². The second kappa shape index (κ2) is 6.48. The number of hydrogen-bond donors (Lipinski definition) is 1. The molecule has 0 aliphatic rings. The maximum Gasteiger partial charge on any atom is 0.342 e. The highest BCUT2D eigenvalue weighted by Crippen LogP contribution is 2.22. The monoisotopic (exact) mass is 288 g/mol. The standard InChI is InChI=1S/C16H16O3S/c1-11-4-3-5-14(15(11)17)16(18)19-10-12-6-8-13(20-2)9-7-12/h3-9,17H,10H2,1-2H3. The van der Waals surface area contributed by atoms with Crippen molar-refractivity contribution < 1.29 is 14.6 Å². The molecule has 0 radical (unpaired) electrons. The fraction of sp³-hybridized carbons (Fsp3) is 0.188. The van der Waals surface area contributed by atoms with Crippen LogP contribution < -0.4 is 0 Å². The van der Waals surface area contributed by atoms with Gasteiger partial charge in [-0.1, -0.05) is 24.3 Å². The van der Waals surface area contributed by atoms with Crippen molar-refractivity contribution in [3.05, 3.63) is 59.2 Å². The van der Waals surface area contributed by atoms with Crippen molar-refractivity contribution in [2.75, 3.05) is 6.26 Å². The van der Waals surface area contributed by atoms with E-state index in [1.807, 2.05) is 30.5 Å². The highest BCUT2D eigenvalue weighted by Gasteiger charge is 2.13. The van der Waals surface area contributed by atoms with E-state index >= 15 is 0 Å². The normalized spacial score (nSPS) is 10.3. The van der Waals surface area contributed by atoms with Crippen molar-refractivity contribution in [1.82, 2.24) is 0 Å². The average Bonchev–Trinajstić information content (AvgIpc) is 2.48. The third-order valence-corrected chi connectivity index (χ3v) is 3.73. The summed E-state index contributed by atoms with van der Waals surface area (Å²) in [5.41, 5.74) is 1.78. The Morgan fingerprint density at radius 3 is 2.55 bits per heavy atom. The number of rotatable bonds is 4. The molecule has 2 aromatic rings. The largest absolute Gasteiger partial charge is 0.507 e. The van der Waals surface area contributed by atoms with E-state index in [9.17, 15) is 9.90 Å². The summed E-state index contributed by atoms with van der Waals surface area (Å²) < 4.78 is 5.22. The number of ether oxygens (including phenoxy) is 1. The Bertz CT molecular complexity index is 606. The lowest BCUT2D eigenvalue weighted by molar-refractivity contribution is 0.0469. The highest BCUT2D eigenvalue weighted by atomic mass is 32.2. The van der Waals surface area contributed by atoms with Crippen molar-refractivity contribution in [2.45, 2.75) is 18.4 Å². The third-order valence-electron chi connectivity index (χ3n) is 2.99. The lowest BCUT2D eigenvalue weighted by atomic mass is 10.1. The summed E-state index contributed by atoms with van der Waals surface area (Å²) in [4.78, 5) is 13.1. The van der Waals surface area contributed by atoms with E-state index in [0.29, 0.717) is 5.56 Å². The first-order chi connectivity index (χ1) is 9.61. The number of para-hydroxylation sites is 1. The van der Waals surface area contributed by atoms with Crippen LogP contribution in [0.3, 0.4) is 0 Å². The third kappa shape index (κ3) is 3.33. The van der Waals surface area contributed by atoms with Gasteiger partial charge in [-0.3, -0.25) is 0 Å². The molecule has 0 aliphatic carbocycles. The Kier molecular flexibility index (Phi) is 4.69. The van der Waals surface area contributed by atoms with E-state index in [0.717, 1.165) is 10.5 Å². The first kappa shape index (κ1) is 14.5. The minimum Gasteiger partial charge on any atom is -0.507 e. The van der Waals surface area contributed by atoms with Crippen molar-refractivity contribution in [1.29, 1.82) is 0 Å². The predicted octanol–water partition coefficient (Wildman–Crippen LogP) is 3.78. The Labute approximate surface area is 122 Å². The number of aryl methyl sites for hydroxylation is 1. The Morgan fingerprint density at radius 2 is 1.90 bits per heavy atom. The van der Waals surface area contributed by atoms with Gasteiger partial charge in [0.1, 0.15) is 17.9 Å². The maximum atomic E-state index is 11.9. The van der Waals surface area contributed by atoms with Gasteiger partial charge in [0.25, 0.3) is 0 Å². The van der Waals surface area contributed by atoms with E-state index in [1.165, 1.54) is 0 Å². The van der Waals surface area contributed by atoms with Crippen LogP contribution in [-0.2, 0) is 11.3 Å². The Morgan fingerprint density at radius 1 is 1.20 bits per heavy atom. The van der Waals surface area contributed by atoms with E-state index in [2.05, 4.69) is 0 Å². The van der Waals surface area contributed by atoms with Crippen LogP contribution in [-0.4, -0.2) is 17.3 Å². The van der Waals surface area contributed by atoms with Gasteiger partial charge in [0, 0.05) is 4.90 Å². The number of aromatic hydroxyl groups is 1. The van der Waals surface area contributed by atoms with Gasteiger partial charge in [-0.05, 0) is 42.5 Å².